The van der Waals surface area contributed by atoms with E-state index in [0.717, 1.165) is 16.4 Å². The third kappa shape index (κ3) is 5.95. The van der Waals surface area contributed by atoms with Gasteiger partial charge in [0.1, 0.15) is 28.8 Å². The van der Waals surface area contributed by atoms with Crippen LogP contribution in [-0.2, 0) is 6.61 Å². The molecule has 1 aliphatic rings. The number of rotatable bonds is 9. The van der Waals surface area contributed by atoms with Crippen molar-refractivity contribution < 1.29 is 14.3 Å². The third-order valence-electron chi connectivity index (χ3n) is 6.19. The normalized spacial score (nSPS) is 14.0. The first-order valence-corrected chi connectivity index (χ1v) is 12.6. The van der Waals surface area contributed by atoms with Crippen LogP contribution in [0.15, 0.2) is 98.1 Å². The van der Waals surface area contributed by atoms with Gasteiger partial charge in [0.05, 0.1) is 0 Å². The zero-order valence-corrected chi connectivity index (χ0v) is 20.3. The lowest BCUT2D eigenvalue weighted by molar-refractivity contribution is 0.306. The van der Waals surface area contributed by atoms with Gasteiger partial charge in [0, 0.05) is 34.5 Å². The summed E-state index contributed by atoms with van der Waals surface area (Å²) in [6, 6.07) is 20.7. The highest BCUT2D eigenvalue weighted by atomic mass is 32.2. The molecule has 2 aromatic carbocycles. The van der Waals surface area contributed by atoms with Crippen molar-refractivity contribution in [3.63, 3.8) is 0 Å². The Morgan fingerprint density at radius 2 is 1.94 bits per heavy atom. The fraction of sp³-hybridized carbons (Fsp3) is 0.241. The summed E-state index contributed by atoms with van der Waals surface area (Å²) >= 11 is 1.24. The van der Waals surface area contributed by atoms with Crippen LogP contribution in [-0.4, -0.2) is 10.1 Å². The number of hydrogen-bond acceptors (Lipinski definition) is 6. The summed E-state index contributed by atoms with van der Waals surface area (Å²) in [5.74, 6) is 2.24. The minimum atomic E-state index is -0.557. The van der Waals surface area contributed by atoms with Gasteiger partial charge < -0.3 is 14.3 Å². The molecule has 5 nitrogen and oxygen atoms in total. The highest BCUT2D eigenvalue weighted by Gasteiger charge is 2.24. The Hall–Kier alpha value is -3.51. The van der Waals surface area contributed by atoms with Crippen molar-refractivity contribution in [1.29, 1.82) is 0 Å². The van der Waals surface area contributed by atoms with E-state index in [-0.39, 0.29) is 10.6 Å². The maximum absolute atomic E-state index is 12.8. The SMILES string of the molecule is CC(CC1CC1)c1cccc(Sc2c(O)cc(-c3ccc(OCc4cccnc4)cc3)oc2=O)c1. The Morgan fingerprint density at radius 1 is 1.11 bits per heavy atom. The molecule has 1 aliphatic carbocycles. The zero-order chi connectivity index (χ0) is 24.2. The van der Waals surface area contributed by atoms with Gasteiger partial charge in [-0.2, -0.15) is 0 Å². The van der Waals surface area contributed by atoms with Crippen LogP contribution in [0.5, 0.6) is 11.5 Å². The van der Waals surface area contributed by atoms with E-state index < -0.39 is 5.63 Å². The summed E-state index contributed by atoms with van der Waals surface area (Å²) in [5.41, 5.74) is 2.36. The lowest BCUT2D eigenvalue weighted by atomic mass is 9.96. The lowest BCUT2D eigenvalue weighted by Gasteiger charge is -2.13. The largest absolute Gasteiger partial charge is 0.506 e. The summed E-state index contributed by atoms with van der Waals surface area (Å²) in [5, 5.41) is 10.7. The molecule has 1 N–H and O–H groups in total. The van der Waals surface area contributed by atoms with Crippen LogP contribution in [0.4, 0.5) is 0 Å². The first kappa shape index (κ1) is 23.2. The molecule has 5 rings (SSSR count). The number of nitrogens with zero attached hydrogens (tertiary/aromatic N) is 1. The monoisotopic (exact) mass is 485 g/mol. The molecule has 1 atom stereocenters. The van der Waals surface area contributed by atoms with Crippen LogP contribution in [0.1, 0.15) is 43.2 Å². The summed E-state index contributed by atoms with van der Waals surface area (Å²) in [4.78, 5) is 17.9. The van der Waals surface area contributed by atoms with Gasteiger partial charge in [0.15, 0.2) is 0 Å². The average Bonchev–Trinajstić information content (AvgIpc) is 3.70. The van der Waals surface area contributed by atoms with Gasteiger partial charge in [0.2, 0.25) is 0 Å². The van der Waals surface area contributed by atoms with Gasteiger partial charge >= 0.3 is 5.63 Å². The molecule has 0 aliphatic heterocycles. The molecule has 178 valence electrons. The summed E-state index contributed by atoms with van der Waals surface area (Å²) in [7, 11) is 0. The van der Waals surface area contributed by atoms with E-state index in [1.165, 1.54) is 42.7 Å². The molecule has 1 unspecified atom stereocenters. The number of aromatic hydroxyl groups is 1. The first-order valence-electron chi connectivity index (χ1n) is 11.8. The van der Waals surface area contributed by atoms with Crippen molar-refractivity contribution in [3.8, 4) is 22.8 Å². The third-order valence-corrected chi connectivity index (χ3v) is 7.26. The smallest absolute Gasteiger partial charge is 0.354 e. The van der Waals surface area contributed by atoms with E-state index >= 15 is 0 Å². The highest BCUT2D eigenvalue weighted by molar-refractivity contribution is 7.99. The molecule has 0 saturated heterocycles. The first-order chi connectivity index (χ1) is 17.0. The van der Waals surface area contributed by atoms with Gasteiger partial charge in [-0.3, -0.25) is 4.98 Å². The van der Waals surface area contributed by atoms with Crippen molar-refractivity contribution >= 4 is 11.8 Å². The van der Waals surface area contributed by atoms with Gasteiger partial charge in [-0.25, -0.2) is 4.79 Å². The lowest BCUT2D eigenvalue weighted by Crippen LogP contribution is -2.03. The number of pyridine rings is 1. The van der Waals surface area contributed by atoms with E-state index in [4.69, 9.17) is 9.15 Å². The predicted molar refractivity (Wildman–Crippen MR) is 137 cm³/mol. The molecule has 1 saturated carbocycles. The molecular formula is C29H27NO4S. The minimum Gasteiger partial charge on any atom is -0.506 e. The van der Waals surface area contributed by atoms with Crippen LogP contribution >= 0.6 is 11.8 Å². The van der Waals surface area contributed by atoms with Gasteiger partial charge in [-0.15, -0.1) is 0 Å². The molecule has 0 amide bonds. The van der Waals surface area contributed by atoms with Crippen molar-refractivity contribution in [2.24, 2.45) is 5.92 Å². The molecule has 4 aromatic rings. The molecule has 0 radical (unpaired) electrons. The highest BCUT2D eigenvalue weighted by Crippen LogP contribution is 2.40. The maximum atomic E-state index is 12.8. The molecule has 2 aromatic heterocycles. The Morgan fingerprint density at radius 3 is 2.66 bits per heavy atom. The van der Waals surface area contributed by atoms with Crippen molar-refractivity contribution in [3.05, 3.63) is 101 Å². The number of hydrogen-bond donors (Lipinski definition) is 1. The number of benzene rings is 2. The second-order valence-corrected chi connectivity index (χ2v) is 10.1. The number of ether oxygens (including phenoxy) is 1. The summed E-state index contributed by atoms with van der Waals surface area (Å²) in [6.07, 6.45) is 7.35. The number of aromatic nitrogens is 1. The fourth-order valence-corrected chi connectivity index (χ4v) is 4.93. The van der Waals surface area contributed by atoms with E-state index in [0.29, 0.717) is 29.6 Å². The zero-order valence-electron chi connectivity index (χ0n) is 19.5. The summed E-state index contributed by atoms with van der Waals surface area (Å²) in [6.45, 7) is 2.66. The van der Waals surface area contributed by atoms with Crippen molar-refractivity contribution in [1.82, 2.24) is 4.98 Å². The molecule has 35 heavy (non-hydrogen) atoms. The second kappa shape index (κ2) is 10.4. The quantitative estimate of drug-likeness (QED) is 0.274. The van der Waals surface area contributed by atoms with Crippen molar-refractivity contribution in [2.45, 2.75) is 48.5 Å². The maximum Gasteiger partial charge on any atom is 0.354 e. The van der Waals surface area contributed by atoms with Gasteiger partial charge in [-0.05, 0) is 66.3 Å². The van der Waals surface area contributed by atoms with Gasteiger partial charge in [-0.1, -0.05) is 49.7 Å². The molecule has 0 spiro atoms. The van der Waals surface area contributed by atoms with E-state index in [1.807, 2.05) is 24.3 Å². The van der Waals surface area contributed by atoms with Crippen LogP contribution in [0.3, 0.4) is 0 Å². The topological polar surface area (TPSA) is 72.6 Å². The Kier molecular flexibility index (Phi) is 6.91. The molecule has 1 fully saturated rings. The van der Waals surface area contributed by atoms with E-state index in [2.05, 4.69) is 24.0 Å². The Balaban J connectivity index is 1.28. The predicted octanol–water partition coefficient (Wildman–Crippen LogP) is 7.04. The molecule has 2 heterocycles. The van der Waals surface area contributed by atoms with Crippen LogP contribution in [0.25, 0.3) is 11.3 Å². The molecule has 6 heteroatoms. The van der Waals surface area contributed by atoms with E-state index in [9.17, 15) is 9.90 Å². The second-order valence-electron chi connectivity index (χ2n) is 9.04. The van der Waals surface area contributed by atoms with E-state index in [1.54, 1.807) is 36.7 Å². The Bertz CT molecular complexity index is 1350. The fourth-order valence-electron chi connectivity index (χ4n) is 4.06. The van der Waals surface area contributed by atoms with Gasteiger partial charge in [0.25, 0.3) is 0 Å². The van der Waals surface area contributed by atoms with Crippen LogP contribution in [0.2, 0.25) is 0 Å². The van der Waals surface area contributed by atoms with Crippen LogP contribution in [0, 0.1) is 5.92 Å². The molecule has 0 bridgehead atoms. The Labute approximate surface area is 208 Å². The standard InChI is InChI=1S/C29H27NO4S/c1-19(14-20-7-8-20)23-5-2-6-25(15-23)35-28-26(31)16-27(34-29(28)32)22-9-11-24(12-10-22)33-18-21-4-3-13-30-17-21/h2-6,9-13,15-17,19-20,31H,7-8,14,18H2,1H3. The molecular weight excluding hydrogens is 458 g/mol. The average molecular weight is 486 g/mol. The van der Waals surface area contributed by atoms with Crippen molar-refractivity contribution in [2.75, 3.05) is 0 Å². The summed E-state index contributed by atoms with van der Waals surface area (Å²) < 4.78 is 11.4. The minimum absolute atomic E-state index is 0.0883. The van der Waals surface area contributed by atoms with Crippen LogP contribution < -0.4 is 10.4 Å².